The minimum atomic E-state index is -0.651. The molecule has 2 N–H and O–H groups in total. The Morgan fingerprint density at radius 2 is 1.36 bits per heavy atom. The Balaban J connectivity index is 2.18. The number of benzene rings is 2. The number of H-pyrrole nitrogens is 1. The van der Waals surface area contributed by atoms with Gasteiger partial charge in [-0.3, -0.25) is 0 Å². The van der Waals surface area contributed by atoms with Crippen molar-refractivity contribution in [2.75, 3.05) is 0 Å². The van der Waals surface area contributed by atoms with Gasteiger partial charge in [-0.1, -0.05) is 60.7 Å². The fraction of sp³-hybridized carbons (Fsp3) is 0.190. The molecule has 2 aromatic carbocycles. The van der Waals surface area contributed by atoms with E-state index in [1.54, 1.807) is 20.8 Å². The van der Waals surface area contributed by atoms with Gasteiger partial charge in [0.05, 0.1) is 11.4 Å². The fourth-order valence-corrected chi connectivity index (χ4v) is 2.65. The molecule has 0 aliphatic heterocycles. The molecule has 0 amide bonds. The summed E-state index contributed by atoms with van der Waals surface area (Å²) in [7, 11) is 0. The second-order valence-electron chi connectivity index (χ2n) is 6.83. The van der Waals surface area contributed by atoms with Crippen molar-refractivity contribution in [1.29, 1.82) is 0 Å². The molecule has 0 radical (unpaired) electrons. The fourth-order valence-electron chi connectivity index (χ4n) is 2.65. The van der Waals surface area contributed by atoms with Crippen LogP contribution in [-0.2, 0) is 4.74 Å². The second-order valence-corrected chi connectivity index (χ2v) is 6.83. The molecular weight excluding hydrogens is 314 g/mol. The van der Waals surface area contributed by atoms with Gasteiger partial charge in [-0.25, -0.2) is 4.79 Å². The Bertz CT molecular complexity index is 875. The SMILES string of the molecule is CC(C)(C)OC(=O)c1c(-c2ccccc2)[nH]c(-c2ccccc2)c1O. The van der Waals surface area contributed by atoms with Crippen LogP contribution < -0.4 is 0 Å². The van der Waals surface area contributed by atoms with E-state index < -0.39 is 11.6 Å². The highest BCUT2D eigenvalue weighted by Crippen LogP contribution is 2.39. The topological polar surface area (TPSA) is 62.3 Å². The van der Waals surface area contributed by atoms with E-state index in [-0.39, 0.29) is 11.3 Å². The van der Waals surface area contributed by atoms with E-state index in [4.69, 9.17) is 4.74 Å². The number of carbonyl (C=O) groups excluding carboxylic acids is 1. The molecule has 3 aromatic rings. The molecule has 0 spiro atoms. The van der Waals surface area contributed by atoms with Crippen molar-refractivity contribution >= 4 is 5.97 Å². The lowest BCUT2D eigenvalue weighted by atomic mass is 10.1. The number of aromatic amines is 1. The van der Waals surface area contributed by atoms with Crippen LogP contribution in [0.2, 0.25) is 0 Å². The average Bonchev–Trinajstić information content (AvgIpc) is 2.92. The van der Waals surface area contributed by atoms with Gasteiger partial charge in [0.25, 0.3) is 0 Å². The normalized spacial score (nSPS) is 11.3. The van der Waals surface area contributed by atoms with Crippen molar-refractivity contribution in [1.82, 2.24) is 4.98 Å². The number of rotatable bonds is 3. The van der Waals surface area contributed by atoms with Gasteiger partial charge < -0.3 is 14.8 Å². The van der Waals surface area contributed by atoms with E-state index in [1.807, 2.05) is 60.7 Å². The molecule has 0 aliphatic carbocycles. The summed E-state index contributed by atoms with van der Waals surface area (Å²) in [6, 6.07) is 18.8. The molecule has 0 saturated heterocycles. The minimum Gasteiger partial charge on any atom is -0.505 e. The number of aromatic hydroxyl groups is 1. The third kappa shape index (κ3) is 3.58. The van der Waals surface area contributed by atoms with Crippen LogP contribution >= 0.6 is 0 Å². The highest BCUT2D eigenvalue weighted by molar-refractivity contribution is 6.02. The highest BCUT2D eigenvalue weighted by atomic mass is 16.6. The summed E-state index contributed by atoms with van der Waals surface area (Å²) in [5, 5.41) is 10.8. The van der Waals surface area contributed by atoms with Crippen LogP contribution in [0, 0.1) is 0 Å². The van der Waals surface area contributed by atoms with Crippen molar-refractivity contribution in [2.45, 2.75) is 26.4 Å². The molecule has 0 atom stereocenters. The summed E-state index contributed by atoms with van der Waals surface area (Å²) >= 11 is 0. The van der Waals surface area contributed by atoms with Crippen molar-refractivity contribution in [3.63, 3.8) is 0 Å². The zero-order chi connectivity index (χ0) is 18.0. The lowest BCUT2D eigenvalue weighted by Crippen LogP contribution is -2.24. The van der Waals surface area contributed by atoms with Gasteiger partial charge in [0.1, 0.15) is 11.2 Å². The van der Waals surface area contributed by atoms with Gasteiger partial charge in [-0.05, 0) is 26.3 Å². The van der Waals surface area contributed by atoms with Gasteiger partial charge in [0.2, 0.25) is 0 Å². The van der Waals surface area contributed by atoms with E-state index >= 15 is 0 Å². The van der Waals surface area contributed by atoms with Crippen LogP contribution in [0.25, 0.3) is 22.5 Å². The van der Waals surface area contributed by atoms with Crippen LogP contribution in [0.3, 0.4) is 0 Å². The first-order valence-corrected chi connectivity index (χ1v) is 8.16. The predicted molar refractivity (Wildman–Crippen MR) is 98.5 cm³/mol. The second kappa shape index (κ2) is 6.48. The Morgan fingerprint density at radius 1 is 0.880 bits per heavy atom. The molecule has 25 heavy (non-hydrogen) atoms. The summed E-state index contributed by atoms with van der Waals surface area (Å²) in [6.07, 6.45) is 0. The molecule has 128 valence electrons. The molecule has 1 aromatic heterocycles. The molecular formula is C21H21NO3. The Labute approximate surface area is 147 Å². The number of hydrogen-bond donors (Lipinski definition) is 2. The number of ether oxygens (including phenoxy) is 1. The molecule has 1 heterocycles. The summed E-state index contributed by atoms with van der Waals surface area (Å²) in [5.41, 5.74) is 2.15. The van der Waals surface area contributed by atoms with Crippen molar-refractivity contribution in [3.8, 4) is 28.3 Å². The lowest BCUT2D eigenvalue weighted by molar-refractivity contribution is 0.00682. The number of hydrogen-bond acceptors (Lipinski definition) is 3. The first-order chi connectivity index (χ1) is 11.9. The standard InChI is InChI=1S/C21H21NO3/c1-21(2,3)25-20(24)16-17(14-10-6-4-7-11-14)22-18(19(16)23)15-12-8-5-9-13-15/h4-13,22-23H,1-3H3. The number of esters is 1. The van der Waals surface area contributed by atoms with Crippen molar-refractivity contribution in [2.24, 2.45) is 0 Å². The Kier molecular flexibility index (Phi) is 4.36. The molecule has 3 rings (SSSR count). The maximum absolute atomic E-state index is 12.7. The third-order valence-corrected chi connectivity index (χ3v) is 3.70. The summed E-state index contributed by atoms with van der Waals surface area (Å²) in [4.78, 5) is 15.9. The van der Waals surface area contributed by atoms with Crippen LogP contribution in [-0.4, -0.2) is 21.7 Å². The van der Waals surface area contributed by atoms with Crippen LogP contribution in [0.5, 0.6) is 5.75 Å². The van der Waals surface area contributed by atoms with Crippen LogP contribution in [0.4, 0.5) is 0 Å². The van der Waals surface area contributed by atoms with Gasteiger partial charge in [-0.15, -0.1) is 0 Å². The Hall–Kier alpha value is -3.01. The Morgan fingerprint density at radius 3 is 1.84 bits per heavy atom. The maximum atomic E-state index is 12.7. The molecule has 0 saturated carbocycles. The van der Waals surface area contributed by atoms with E-state index in [0.717, 1.165) is 11.1 Å². The van der Waals surface area contributed by atoms with Crippen LogP contribution in [0.1, 0.15) is 31.1 Å². The molecule has 4 nitrogen and oxygen atoms in total. The molecule has 0 unspecified atom stereocenters. The van der Waals surface area contributed by atoms with E-state index in [1.165, 1.54) is 0 Å². The maximum Gasteiger partial charge on any atom is 0.344 e. The van der Waals surface area contributed by atoms with Crippen molar-refractivity contribution in [3.05, 3.63) is 66.2 Å². The first-order valence-electron chi connectivity index (χ1n) is 8.16. The third-order valence-electron chi connectivity index (χ3n) is 3.70. The summed E-state index contributed by atoms with van der Waals surface area (Å²) in [5.74, 6) is -0.651. The number of aromatic nitrogens is 1. The monoisotopic (exact) mass is 335 g/mol. The highest BCUT2D eigenvalue weighted by Gasteiger charge is 2.28. The van der Waals surface area contributed by atoms with Gasteiger partial charge in [0, 0.05) is 5.56 Å². The average molecular weight is 335 g/mol. The van der Waals surface area contributed by atoms with E-state index in [2.05, 4.69) is 4.98 Å². The number of nitrogens with one attached hydrogen (secondary N) is 1. The lowest BCUT2D eigenvalue weighted by Gasteiger charge is -2.19. The summed E-state index contributed by atoms with van der Waals surface area (Å²) < 4.78 is 5.50. The minimum absolute atomic E-state index is 0.0979. The van der Waals surface area contributed by atoms with Crippen molar-refractivity contribution < 1.29 is 14.6 Å². The first kappa shape index (κ1) is 16.8. The van der Waals surface area contributed by atoms with Gasteiger partial charge in [-0.2, -0.15) is 0 Å². The summed E-state index contributed by atoms with van der Waals surface area (Å²) in [6.45, 7) is 5.40. The molecule has 0 aliphatic rings. The zero-order valence-corrected chi connectivity index (χ0v) is 14.5. The quantitative estimate of drug-likeness (QED) is 0.661. The molecule has 4 heteroatoms. The largest absolute Gasteiger partial charge is 0.505 e. The van der Waals surface area contributed by atoms with E-state index in [9.17, 15) is 9.90 Å². The van der Waals surface area contributed by atoms with Gasteiger partial charge in [0.15, 0.2) is 5.75 Å². The van der Waals surface area contributed by atoms with Gasteiger partial charge >= 0.3 is 5.97 Å². The molecule has 0 bridgehead atoms. The number of carbonyl (C=O) groups is 1. The van der Waals surface area contributed by atoms with E-state index in [0.29, 0.717) is 11.4 Å². The smallest absolute Gasteiger partial charge is 0.344 e. The van der Waals surface area contributed by atoms with Crippen LogP contribution in [0.15, 0.2) is 60.7 Å². The zero-order valence-electron chi connectivity index (χ0n) is 14.5. The molecule has 0 fully saturated rings. The predicted octanol–water partition coefficient (Wildman–Crippen LogP) is 5.01.